The van der Waals surface area contributed by atoms with E-state index in [1.54, 1.807) is 0 Å². The predicted molar refractivity (Wildman–Crippen MR) is 69.6 cm³/mol. The molecule has 0 spiro atoms. The zero-order valence-electron chi connectivity index (χ0n) is 11.4. The van der Waals surface area contributed by atoms with Gasteiger partial charge in [-0.25, -0.2) is 0 Å². The highest BCUT2D eigenvalue weighted by atomic mass is 15.2. The van der Waals surface area contributed by atoms with Crippen molar-refractivity contribution in [1.29, 1.82) is 0 Å². The van der Waals surface area contributed by atoms with Crippen molar-refractivity contribution in [2.24, 2.45) is 11.8 Å². The first kappa shape index (κ1) is 12.4. The summed E-state index contributed by atoms with van der Waals surface area (Å²) in [5.74, 6) is 1.83. The van der Waals surface area contributed by atoms with Crippen molar-refractivity contribution in [1.82, 2.24) is 9.80 Å². The topological polar surface area (TPSA) is 6.48 Å². The van der Waals surface area contributed by atoms with Gasteiger partial charge in [-0.05, 0) is 65.1 Å². The van der Waals surface area contributed by atoms with Crippen LogP contribution in [0, 0.1) is 11.8 Å². The minimum atomic E-state index is 0.804. The number of hydrogen-bond acceptors (Lipinski definition) is 2. The zero-order chi connectivity index (χ0) is 11.7. The highest BCUT2D eigenvalue weighted by molar-refractivity contribution is 4.86. The molecule has 2 rings (SSSR count). The van der Waals surface area contributed by atoms with Crippen LogP contribution in [0.4, 0.5) is 0 Å². The Bertz CT molecular complexity index is 219. The lowest BCUT2D eigenvalue weighted by Crippen LogP contribution is -2.32. The van der Waals surface area contributed by atoms with Gasteiger partial charge in [0.05, 0.1) is 0 Å². The molecule has 2 nitrogen and oxygen atoms in total. The molecule has 0 amide bonds. The second-order valence-corrected chi connectivity index (χ2v) is 6.29. The summed E-state index contributed by atoms with van der Waals surface area (Å²) in [6.45, 7) is 7.47. The van der Waals surface area contributed by atoms with E-state index in [4.69, 9.17) is 0 Å². The third kappa shape index (κ3) is 2.60. The van der Waals surface area contributed by atoms with E-state index in [0.29, 0.717) is 0 Å². The summed E-state index contributed by atoms with van der Waals surface area (Å²) in [7, 11) is 4.58. The molecule has 2 heterocycles. The standard InChI is InChI=1S/C14H28N2/c1-11(14-6-5-7-15(14)3)8-13-9-12(2)16(4)10-13/h11-14H,5-10H2,1-4H3/t11?,12-,13?,14-/m1/s1. The van der Waals surface area contributed by atoms with E-state index in [0.717, 1.165) is 23.9 Å². The van der Waals surface area contributed by atoms with Gasteiger partial charge in [-0.15, -0.1) is 0 Å². The Morgan fingerprint density at radius 3 is 2.50 bits per heavy atom. The summed E-state index contributed by atoms with van der Waals surface area (Å²) in [6.07, 6.45) is 5.68. The lowest BCUT2D eigenvalue weighted by atomic mass is 9.88. The maximum absolute atomic E-state index is 2.58. The van der Waals surface area contributed by atoms with Crippen LogP contribution in [0.1, 0.15) is 39.5 Å². The molecule has 0 aromatic rings. The fraction of sp³-hybridized carbons (Fsp3) is 1.00. The van der Waals surface area contributed by atoms with Crippen molar-refractivity contribution in [2.45, 2.75) is 51.6 Å². The maximum Gasteiger partial charge on any atom is 0.0118 e. The molecule has 94 valence electrons. The molecule has 16 heavy (non-hydrogen) atoms. The average Bonchev–Trinajstić information content (AvgIpc) is 2.74. The Kier molecular flexibility index (Phi) is 3.91. The van der Waals surface area contributed by atoms with Crippen LogP contribution < -0.4 is 0 Å². The van der Waals surface area contributed by atoms with Crippen LogP contribution in [0.2, 0.25) is 0 Å². The van der Waals surface area contributed by atoms with E-state index < -0.39 is 0 Å². The van der Waals surface area contributed by atoms with Crippen molar-refractivity contribution in [3.8, 4) is 0 Å². The molecule has 2 fully saturated rings. The van der Waals surface area contributed by atoms with Crippen molar-refractivity contribution >= 4 is 0 Å². The number of nitrogens with zero attached hydrogens (tertiary/aromatic N) is 2. The molecule has 2 heteroatoms. The van der Waals surface area contributed by atoms with E-state index in [1.165, 1.54) is 38.8 Å². The predicted octanol–water partition coefficient (Wildman–Crippen LogP) is 2.45. The number of likely N-dealkylation sites (tertiary alicyclic amines) is 2. The van der Waals surface area contributed by atoms with E-state index in [-0.39, 0.29) is 0 Å². The average molecular weight is 224 g/mol. The lowest BCUT2D eigenvalue weighted by molar-refractivity contribution is 0.209. The smallest absolute Gasteiger partial charge is 0.0118 e. The molecular formula is C14H28N2. The molecule has 2 aliphatic rings. The summed E-state index contributed by atoms with van der Waals surface area (Å²) in [4.78, 5) is 5.10. The summed E-state index contributed by atoms with van der Waals surface area (Å²) in [5.41, 5.74) is 0. The Morgan fingerprint density at radius 1 is 1.25 bits per heavy atom. The van der Waals surface area contributed by atoms with Crippen LogP contribution >= 0.6 is 0 Å². The van der Waals surface area contributed by atoms with Gasteiger partial charge in [0.1, 0.15) is 0 Å². The van der Waals surface area contributed by atoms with Crippen LogP contribution in [0.5, 0.6) is 0 Å². The van der Waals surface area contributed by atoms with Gasteiger partial charge in [0, 0.05) is 18.6 Å². The van der Waals surface area contributed by atoms with Crippen LogP contribution in [0.15, 0.2) is 0 Å². The second kappa shape index (κ2) is 5.05. The molecule has 0 N–H and O–H groups in total. The van der Waals surface area contributed by atoms with Crippen LogP contribution in [-0.2, 0) is 0 Å². The molecule has 0 saturated carbocycles. The van der Waals surface area contributed by atoms with Gasteiger partial charge < -0.3 is 9.80 Å². The SMILES string of the molecule is CC(CC1C[C@@H](C)N(C)C1)[C@H]1CCCN1C. The van der Waals surface area contributed by atoms with Gasteiger partial charge >= 0.3 is 0 Å². The first-order valence-corrected chi connectivity index (χ1v) is 6.98. The highest BCUT2D eigenvalue weighted by Gasteiger charge is 2.32. The molecule has 2 saturated heterocycles. The molecular weight excluding hydrogens is 196 g/mol. The van der Waals surface area contributed by atoms with Crippen molar-refractivity contribution in [2.75, 3.05) is 27.2 Å². The number of hydrogen-bond donors (Lipinski definition) is 0. The Morgan fingerprint density at radius 2 is 2.00 bits per heavy atom. The van der Waals surface area contributed by atoms with Gasteiger partial charge in [0.25, 0.3) is 0 Å². The normalized spacial score (nSPS) is 39.4. The first-order chi connectivity index (χ1) is 7.58. The minimum Gasteiger partial charge on any atom is -0.303 e. The van der Waals surface area contributed by atoms with Crippen LogP contribution in [0.25, 0.3) is 0 Å². The van der Waals surface area contributed by atoms with Gasteiger partial charge in [0.15, 0.2) is 0 Å². The minimum absolute atomic E-state index is 0.804. The lowest BCUT2D eigenvalue weighted by Gasteiger charge is -2.28. The van der Waals surface area contributed by atoms with Crippen LogP contribution in [-0.4, -0.2) is 49.1 Å². The summed E-state index contributed by atoms with van der Waals surface area (Å²) in [6, 6.07) is 1.67. The van der Waals surface area contributed by atoms with Gasteiger partial charge in [-0.1, -0.05) is 6.92 Å². The largest absolute Gasteiger partial charge is 0.303 e. The third-order valence-corrected chi connectivity index (χ3v) is 4.91. The van der Waals surface area contributed by atoms with Gasteiger partial charge in [-0.3, -0.25) is 0 Å². The van der Waals surface area contributed by atoms with Crippen molar-refractivity contribution < 1.29 is 0 Å². The van der Waals surface area contributed by atoms with Gasteiger partial charge in [-0.2, -0.15) is 0 Å². The van der Waals surface area contributed by atoms with Crippen LogP contribution in [0.3, 0.4) is 0 Å². The molecule has 2 aliphatic heterocycles. The van der Waals surface area contributed by atoms with Crippen molar-refractivity contribution in [3.63, 3.8) is 0 Å². The Labute approximate surface area is 101 Å². The maximum atomic E-state index is 2.58. The van der Waals surface area contributed by atoms with Gasteiger partial charge in [0.2, 0.25) is 0 Å². The summed E-state index contributed by atoms with van der Waals surface area (Å²) < 4.78 is 0. The monoisotopic (exact) mass is 224 g/mol. The van der Waals surface area contributed by atoms with E-state index in [9.17, 15) is 0 Å². The third-order valence-electron chi connectivity index (χ3n) is 4.91. The van der Waals surface area contributed by atoms with E-state index in [1.807, 2.05) is 0 Å². The Hall–Kier alpha value is -0.0800. The Balaban J connectivity index is 1.81. The molecule has 0 aromatic carbocycles. The quantitative estimate of drug-likeness (QED) is 0.726. The molecule has 0 radical (unpaired) electrons. The summed E-state index contributed by atoms with van der Waals surface area (Å²) >= 11 is 0. The summed E-state index contributed by atoms with van der Waals surface area (Å²) in [5, 5.41) is 0. The van der Waals surface area contributed by atoms with E-state index >= 15 is 0 Å². The second-order valence-electron chi connectivity index (χ2n) is 6.29. The zero-order valence-corrected chi connectivity index (χ0v) is 11.4. The van der Waals surface area contributed by atoms with E-state index in [2.05, 4.69) is 37.7 Å². The molecule has 4 atom stereocenters. The number of rotatable bonds is 3. The fourth-order valence-electron chi connectivity index (χ4n) is 3.83. The molecule has 0 aromatic heterocycles. The molecule has 0 bridgehead atoms. The highest BCUT2D eigenvalue weighted by Crippen LogP contribution is 2.31. The first-order valence-electron chi connectivity index (χ1n) is 6.98. The fourth-order valence-corrected chi connectivity index (χ4v) is 3.83. The molecule has 0 aliphatic carbocycles. The van der Waals surface area contributed by atoms with Crippen molar-refractivity contribution in [3.05, 3.63) is 0 Å². The molecule has 2 unspecified atom stereocenters.